The smallest absolute Gasteiger partial charge is 0.471 e. The molecule has 1 aromatic rings. The number of nitrogens with one attached hydrogen (secondary N) is 1. The maximum Gasteiger partial charge on any atom is 0.471 e. The fourth-order valence-corrected chi connectivity index (χ4v) is 1.99. The summed E-state index contributed by atoms with van der Waals surface area (Å²) in [6, 6.07) is 2.19. The van der Waals surface area contributed by atoms with E-state index < -0.39 is 53.4 Å². The second-order valence-corrected chi connectivity index (χ2v) is 4.54. The molecule has 1 aromatic carbocycles. The first kappa shape index (κ1) is 16.6. The molecule has 0 spiro atoms. The molecule has 6 nitrogen and oxygen atoms in total. The van der Waals surface area contributed by atoms with Gasteiger partial charge >= 0.3 is 29.9 Å². The molecule has 23 heavy (non-hydrogen) atoms. The molecular weight excluding hydrogens is 331 g/mol. The summed E-state index contributed by atoms with van der Waals surface area (Å²) >= 11 is 0. The number of halogens is 5. The van der Waals surface area contributed by atoms with Crippen LogP contribution in [0.3, 0.4) is 0 Å². The lowest BCUT2D eigenvalue weighted by atomic mass is 10.1. The van der Waals surface area contributed by atoms with Crippen molar-refractivity contribution >= 4 is 29.2 Å². The minimum absolute atomic E-state index is 0.299. The number of nitrogens with zero attached hydrogens (tertiary/aromatic N) is 1. The molecule has 2 amide bonds. The third-order valence-electron chi connectivity index (χ3n) is 2.95. The Morgan fingerprint density at radius 3 is 2.39 bits per heavy atom. The highest BCUT2D eigenvalue weighted by Gasteiger charge is 2.53. The van der Waals surface area contributed by atoms with Crippen LogP contribution in [0.25, 0.3) is 0 Å². The minimum Gasteiger partial charge on any atom is -0.480 e. The summed E-state index contributed by atoms with van der Waals surface area (Å²) in [5, 5.41) is 10.0. The van der Waals surface area contributed by atoms with E-state index in [0.29, 0.717) is 11.0 Å². The van der Waals surface area contributed by atoms with Gasteiger partial charge in [0.2, 0.25) is 0 Å². The van der Waals surface area contributed by atoms with Crippen LogP contribution < -0.4 is 10.2 Å². The van der Waals surface area contributed by atoms with Crippen LogP contribution in [-0.2, 0) is 20.3 Å². The van der Waals surface area contributed by atoms with E-state index in [4.69, 9.17) is 5.11 Å². The van der Waals surface area contributed by atoms with Crippen LogP contribution in [0.5, 0.6) is 0 Å². The topological polar surface area (TPSA) is 86.7 Å². The minimum atomic E-state index is -5.22. The molecule has 0 bridgehead atoms. The zero-order chi connectivity index (χ0) is 17.6. The monoisotopic (exact) mass is 338 g/mol. The molecule has 0 saturated carbocycles. The summed E-state index contributed by atoms with van der Waals surface area (Å²) < 4.78 is 64.1. The normalized spacial score (nSPS) is 16.2. The maximum absolute atomic E-state index is 13.9. The van der Waals surface area contributed by atoms with E-state index in [0.717, 1.165) is 12.1 Å². The maximum atomic E-state index is 13.9. The van der Waals surface area contributed by atoms with Gasteiger partial charge in [0.25, 0.3) is 0 Å². The van der Waals surface area contributed by atoms with Crippen molar-refractivity contribution in [1.29, 1.82) is 0 Å². The molecule has 2 rings (SSSR count). The molecule has 0 saturated heterocycles. The third kappa shape index (κ3) is 2.94. The van der Waals surface area contributed by atoms with Gasteiger partial charge in [-0.3, -0.25) is 19.3 Å². The van der Waals surface area contributed by atoms with Crippen molar-refractivity contribution in [3.05, 3.63) is 23.8 Å². The molecule has 1 aliphatic rings. The summed E-state index contributed by atoms with van der Waals surface area (Å²) in [6.45, 7) is -1.03. The Kier molecular flexibility index (Phi) is 3.75. The molecule has 0 aliphatic carbocycles. The van der Waals surface area contributed by atoms with Crippen LogP contribution in [0.2, 0.25) is 0 Å². The highest BCUT2D eigenvalue weighted by Crippen LogP contribution is 2.45. The molecule has 1 aliphatic heterocycles. The fraction of sp³-hybridized carbons (Fsp3) is 0.250. The van der Waals surface area contributed by atoms with Gasteiger partial charge in [0, 0.05) is 5.69 Å². The van der Waals surface area contributed by atoms with Crippen molar-refractivity contribution in [3.63, 3.8) is 0 Å². The zero-order valence-corrected chi connectivity index (χ0v) is 10.9. The van der Waals surface area contributed by atoms with Gasteiger partial charge in [0.05, 0.1) is 11.3 Å². The Morgan fingerprint density at radius 2 is 1.87 bits per heavy atom. The lowest BCUT2D eigenvalue weighted by Crippen LogP contribution is -2.37. The Hall–Kier alpha value is -2.72. The standard InChI is InChI=1S/C12H7F5N2O4/c13-11(14)6-3-5(18-9(22)12(15,16)17)1-2-7(6)19(10(11)23)4-8(20)21/h1-3H,4H2,(H,18,22)(H,20,21). The highest BCUT2D eigenvalue weighted by atomic mass is 19.4. The molecule has 0 aromatic heterocycles. The van der Waals surface area contributed by atoms with Crippen LogP contribution in [0, 0.1) is 0 Å². The molecule has 124 valence electrons. The van der Waals surface area contributed by atoms with Crippen LogP contribution in [-0.4, -0.2) is 35.6 Å². The van der Waals surface area contributed by atoms with E-state index in [2.05, 4.69) is 0 Å². The molecule has 11 heteroatoms. The van der Waals surface area contributed by atoms with E-state index in [-0.39, 0.29) is 0 Å². The predicted octanol–water partition coefficient (Wildman–Crippen LogP) is 1.71. The first-order chi connectivity index (χ1) is 10.4. The van der Waals surface area contributed by atoms with E-state index in [1.807, 2.05) is 0 Å². The first-order valence-electron chi connectivity index (χ1n) is 5.89. The number of rotatable bonds is 3. The van der Waals surface area contributed by atoms with Crippen molar-refractivity contribution in [2.75, 3.05) is 16.8 Å². The zero-order valence-electron chi connectivity index (χ0n) is 10.9. The summed E-state index contributed by atoms with van der Waals surface area (Å²) in [5.41, 5.74) is -2.04. The summed E-state index contributed by atoms with van der Waals surface area (Å²) in [5.74, 6) is -9.83. The van der Waals surface area contributed by atoms with Crippen molar-refractivity contribution in [1.82, 2.24) is 0 Å². The van der Waals surface area contributed by atoms with Gasteiger partial charge in [0.1, 0.15) is 6.54 Å². The third-order valence-corrected chi connectivity index (χ3v) is 2.95. The van der Waals surface area contributed by atoms with E-state index in [1.54, 1.807) is 0 Å². The van der Waals surface area contributed by atoms with Gasteiger partial charge < -0.3 is 10.4 Å². The van der Waals surface area contributed by atoms with Crippen LogP contribution in [0.15, 0.2) is 18.2 Å². The van der Waals surface area contributed by atoms with Crippen molar-refractivity contribution in [2.24, 2.45) is 0 Å². The molecule has 0 radical (unpaired) electrons. The Morgan fingerprint density at radius 1 is 1.26 bits per heavy atom. The number of anilines is 2. The summed E-state index contributed by atoms with van der Waals surface area (Å²) in [4.78, 5) is 33.3. The van der Waals surface area contributed by atoms with Crippen LogP contribution in [0.4, 0.5) is 33.3 Å². The molecule has 2 N–H and O–H groups in total. The predicted molar refractivity (Wildman–Crippen MR) is 65.0 cm³/mol. The number of hydrogen-bond acceptors (Lipinski definition) is 3. The molecule has 0 unspecified atom stereocenters. The number of benzene rings is 1. The van der Waals surface area contributed by atoms with Crippen LogP contribution >= 0.6 is 0 Å². The Labute approximate surface area is 124 Å². The van der Waals surface area contributed by atoms with Gasteiger partial charge in [-0.05, 0) is 18.2 Å². The number of alkyl halides is 5. The quantitative estimate of drug-likeness (QED) is 0.822. The SMILES string of the molecule is O=C(O)CN1C(=O)C(F)(F)c2cc(NC(=O)C(F)(F)F)ccc21. The molecule has 1 heterocycles. The van der Waals surface area contributed by atoms with Gasteiger partial charge in [-0.25, -0.2) is 0 Å². The average molecular weight is 338 g/mol. The lowest BCUT2D eigenvalue weighted by molar-refractivity contribution is -0.167. The fourth-order valence-electron chi connectivity index (χ4n) is 1.99. The number of aliphatic carboxylic acids is 1. The number of amides is 2. The lowest BCUT2D eigenvalue weighted by Gasteiger charge is -2.14. The van der Waals surface area contributed by atoms with E-state index in [1.165, 1.54) is 5.32 Å². The summed E-state index contributed by atoms with van der Waals surface area (Å²) in [6.07, 6.45) is -5.22. The largest absolute Gasteiger partial charge is 0.480 e. The second-order valence-electron chi connectivity index (χ2n) is 4.54. The summed E-state index contributed by atoms with van der Waals surface area (Å²) in [7, 11) is 0. The number of hydrogen-bond donors (Lipinski definition) is 2. The Balaban J connectivity index is 2.40. The molecule has 0 atom stereocenters. The van der Waals surface area contributed by atoms with E-state index >= 15 is 0 Å². The van der Waals surface area contributed by atoms with E-state index in [9.17, 15) is 36.3 Å². The van der Waals surface area contributed by atoms with Crippen LogP contribution in [0.1, 0.15) is 5.56 Å². The molecular formula is C12H7F5N2O4. The average Bonchev–Trinajstić information content (AvgIpc) is 2.59. The number of carboxylic acid groups (broad SMARTS) is 1. The van der Waals surface area contributed by atoms with Crippen molar-refractivity contribution in [2.45, 2.75) is 12.1 Å². The van der Waals surface area contributed by atoms with Gasteiger partial charge in [0.15, 0.2) is 0 Å². The number of carbonyl (C=O) groups is 3. The van der Waals surface area contributed by atoms with Gasteiger partial charge in [-0.1, -0.05) is 0 Å². The number of carboxylic acids is 1. The number of carbonyl (C=O) groups excluding carboxylic acids is 2. The van der Waals surface area contributed by atoms with Gasteiger partial charge in [-0.15, -0.1) is 0 Å². The van der Waals surface area contributed by atoms with Crippen molar-refractivity contribution in [3.8, 4) is 0 Å². The Bertz CT molecular complexity index is 701. The number of fused-ring (bicyclic) bond motifs is 1. The first-order valence-corrected chi connectivity index (χ1v) is 5.89. The highest BCUT2D eigenvalue weighted by molar-refractivity contribution is 6.08. The second kappa shape index (κ2) is 5.18. The van der Waals surface area contributed by atoms with Gasteiger partial charge in [-0.2, -0.15) is 22.0 Å². The molecule has 0 fully saturated rings. The van der Waals surface area contributed by atoms with Crippen molar-refractivity contribution < 1.29 is 41.4 Å².